The molecular formula is C31H32N4O4S2. The molecule has 3 aromatic carbocycles. The van der Waals surface area contributed by atoms with Crippen molar-refractivity contribution in [2.45, 2.75) is 36.6 Å². The molecule has 10 heteroatoms. The highest BCUT2D eigenvalue weighted by Crippen LogP contribution is 2.40. The van der Waals surface area contributed by atoms with Gasteiger partial charge in [0.1, 0.15) is 11.5 Å². The highest BCUT2D eigenvalue weighted by molar-refractivity contribution is 7.89. The molecule has 2 aliphatic rings. The van der Waals surface area contributed by atoms with Gasteiger partial charge in [-0.05, 0) is 72.5 Å². The van der Waals surface area contributed by atoms with Crippen molar-refractivity contribution in [2.75, 3.05) is 32.3 Å². The van der Waals surface area contributed by atoms with Crippen molar-refractivity contribution < 1.29 is 17.9 Å². The van der Waals surface area contributed by atoms with Crippen molar-refractivity contribution in [2.24, 2.45) is 5.10 Å². The number of anilines is 1. The molecule has 1 fully saturated rings. The first-order chi connectivity index (χ1) is 20.0. The maximum atomic E-state index is 13.1. The van der Waals surface area contributed by atoms with Crippen LogP contribution in [0.15, 0.2) is 88.2 Å². The van der Waals surface area contributed by atoms with Crippen molar-refractivity contribution in [3.8, 4) is 22.8 Å². The van der Waals surface area contributed by atoms with Gasteiger partial charge < -0.3 is 9.47 Å². The molecule has 0 saturated carbocycles. The van der Waals surface area contributed by atoms with Crippen LogP contribution >= 0.6 is 11.3 Å². The summed E-state index contributed by atoms with van der Waals surface area (Å²) in [6.45, 7) is 1.17. The number of rotatable bonds is 8. The Morgan fingerprint density at radius 1 is 0.805 bits per heavy atom. The van der Waals surface area contributed by atoms with Crippen LogP contribution in [0.5, 0.6) is 11.5 Å². The summed E-state index contributed by atoms with van der Waals surface area (Å²) in [6.07, 6.45) is 3.63. The van der Waals surface area contributed by atoms with Crippen LogP contribution in [0.4, 0.5) is 5.13 Å². The summed E-state index contributed by atoms with van der Waals surface area (Å²) in [7, 11) is -0.157. The van der Waals surface area contributed by atoms with Crippen LogP contribution in [-0.4, -0.2) is 50.7 Å². The lowest BCUT2D eigenvalue weighted by Gasteiger charge is -2.25. The predicted octanol–water partition coefficient (Wildman–Crippen LogP) is 6.36. The minimum absolute atomic E-state index is 0.0333. The summed E-state index contributed by atoms with van der Waals surface area (Å²) >= 11 is 1.52. The van der Waals surface area contributed by atoms with E-state index in [0.717, 1.165) is 70.4 Å². The largest absolute Gasteiger partial charge is 0.497 e. The molecule has 0 aliphatic carbocycles. The molecule has 1 atom stereocenters. The van der Waals surface area contributed by atoms with Gasteiger partial charge in [0.2, 0.25) is 15.2 Å². The lowest BCUT2D eigenvalue weighted by molar-refractivity contribution is 0.346. The second-order valence-electron chi connectivity index (χ2n) is 10.1. The van der Waals surface area contributed by atoms with E-state index in [1.54, 1.807) is 30.7 Å². The Balaban J connectivity index is 1.29. The molecule has 6 rings (SSSR count). The number of sulfonamides is 1. The lowest BCUT2D eigenvalue weighted by Crippen LogP contribution is -2.35. The maximum Gasteiger partial charge on any atom is 0.243 e. The molecule has 0 bridgehead atoms. The quantitative estimate of drug-likeness (QED) is 0.238. The van der Waals surface area contributed by atoms with Gasteiger partial charge in [0.05, 0.1) is 36.6 Å². The van der Waals surface area contributed by atoms with E-state index < -0.39 is 10.0 Å². The fourth-order valence-corrected chi connectivity index (χ4v) is 7.63. The van der Waals surface area contributed by atoms with Crippen LogP contribution in [0.3, 0.4) is 0 Å². The molecule has 41 heavy (non-hydrogen) atoms. The fourth-order valence-electron chi connectivity index (χ4n) is 5.28. The van der Waals surface area contributed by atoms with Crippen LogP contribution in [0.25, 0.3) is 11.3 Å². The summed E-state index contributed by atoms with van der Waals surface area (Å²) in [5.41, 5.74) is 4.77. The van der Waals surface area contributed by atoms with Crippen molar-refractivity contribution in [3.63, 3.8) is 0 Å². The number of methoxy groups -OCH3 is 2. The van der Waals surface area contributed by atoms with Gasteiger partial charge in [-0.25, -0.2) is 18.4 Å². The minimum atomic E-state index is -3.48. The molecule has 212 valence electrons. The summed E-state index contributed by atoms with van der Waals surface area (Å²) in [5, 5.41) is 9.79. The van der Waals surface area contributed by atoms with Gasteiger partial charge in [-0.2, -0.15) is 9.41 Å². The Labute approximate surface area is 244 Å². The minimum Gasteiger partial charge on any atom is -0.497 e. The van der Waals surface area contributed by atoms with Crippen molar-refractivity contribution in [3.05, 3.63) is 89.3 Å². The van der Waals surface area contributed by atoms with Gasteiger partial charge >= 0.3 is 0 Å². The third-order valence-electron chi connectivity index (χ3n) is 7.63. The van der Waals surface area contributed by atoms with Gasteiger partial charge in [0.15, 0.2) is 0 Å². The first-order valence-corrected chi connectivity index (χ1v) is 16.0. The van der Waals surface area contributed by atoms with Crippen molar-refractivity contribution >= 4 is 32.2 Å². The molecule has 4 aromatic rings. The first kappa shape index (κ1) is 27.4. The topological polar surface area (TPSA) is 84.3 Å². The van der Waals surface area contributed by atoms with E-state index in [9.17, 15) is 8.42 Å². The van der Waals surface area contributed by atoms with Crippen LogP contribution in [0, 0.1) is 0 Å². The number of hydrazone groups is 1. The molecule has 0 amide bonds. The van der Waals surface area contributed by atoms with E-state index >= 15 is 0 Å². The van der Waals surface area contributed by atoms with E-state index in [-0.39, 0.29) is 6.04 Å². The number of benzene rings is 3. The van der Waals surface area contributed by atoms with E-state index in [2.05, 4.69) is 12.1 Å². The Bertz CT molecular complexity index is 1630. The van der Waals surface area contributed by atoms with Crippen molar-refractivity contribution in [1.82, 2.24) is 9.29 Å². The number of thiazole rings is 1. The highest BCUT2D eigenvalue weighted by atomic mass is 32.2. The highest BCUT2D eigenvalue weighted by Gasteiger charge is 2.32. The Morgan fingerprint density at radius 3 is 2.05 bits per heavy atom. The SMILES string of the molecule is COc1ccc(C2=NN(c3nc(-c4ccc(S(=O)(=O)N5CCCCC5)cc4)cs3)[C@H](c3ccc(OC)cc3)C2)cc1. The monoisotopic (exact) mass is 588 g/mol. The molecule has 2 aliphatic heterocycles. The summed E-state index contributed by atoms with van der Waals surface area (Å²) in [4.78, 5) is 5.27. The first-order valence-electron chi connectivity index (χ1n) is 13.7. The number of hydrogen-bond acceptors (Lipinski definition) is 8. The third kappa shape index (κ3) is 5.59. The summed E-state index contributed by atoms with van der Waals surface area (Å²) in [6, 6.07) is 23.0. The average Bonchev–Trinajstić information content (AvgIpc) is 3.70. The molecule has 0 N–H and O–H groups in total. The number of aromatic nitrogens is 1. The zero-order valence-corrected chi connectivity index (χ0v) is 24.7. The number of nitrogens with zero attached hydrogens (tertiary/aromatic N) is 4. The van der Waals surface area contributed by atoms with Gasteiger partial charge in [-0.3, -0.25) is 0 Å². The Kier molecular flexibility index (Phi) is 7.79. The number of hydrogen-bond donors (Lipinski definition) is 0. The fraction of sp³-hybridized carbons (Fsp3) is 0.290. The van der Waals surface area contributed by atoms with Crippen molar-refractivity contribution in [1.29, 1.82) is 0 Å². The Hall–Kier alpha value is -3.73. The van der Waals surface area contributed by atoms with Crippen LogP contribution in [0.2, 0.25) is 0 Å². The molecule has 0 unspecified atom stereocenters. The van der Waals surface area contributed by atoms with E-state index in [1.807, 2.05) is 58.9 Å². The van der Waals surface area contributed by atoms with E-state index in [0.29, 0.717) is 18.0 Å². The van der Waals surface area contributed by atoms with Gasteiger partial charge in [-0.15, -0.1) is 11.3 Å². The number of ether oxygens (including phenoxy) is 2. The zero-order valence-electron chi connectivity index (χ0n) is 23.1. The predicted molar refractivity (Wildman–Crippen MR) is 163 cm³/mol. The van der Waals surface area contributed by atoms with Crippen LogP contribution in [0.1, 0.15) is 42.9 Å². The zero-order chi connectivity index (χ0) is 28.4. The molecule has 8 nitrogen and oxygen atoms in total. The average molecular weight is 589 g/mol. The normalized spacial score (nSPS) is 17.9. The molecular weight excluding hydrogens is 556 g/mol. The summed E-state index contributed by atoms with van der Waals surface area (Å²) in [5.74, 6) is 1.60. The Morgan fingerprint density at radius 2 is 1.41 bits per heavy atom. The second kappa shape index (κ2) is 11.6. The van der Waals surface area contributed by atoms with Gasteiger partial charge in [0, 0.05) is 30.5 Å². The smallest absolute Gasteiger partial charge is 0.243 e. The van der Waals surface area contributed by atoms with E-state index in [1.165, 1.54) is 11.3 Å². The molecule has 3 heterocycles. The molecule has 0 radical (unpaired) electrons. The summed E-state index contributed by atoms with van der Waals surface area (Å²) < 4.78 is 38.5. The van der Waals surface area contributed by atoms with Gasteiger partial charge in [0.25, 0.3) is 0 Å². The maximum absolute atomic E-state index is 13.1. The standard InChI is InChI=1S/C31H32N4O4S2/c1-38-25-12-6-22(7-13-25)28-20-30(24-8-14-26(39-2)15-9-24)35(33-28)31-32-29(21-40-31)23-10-16-27(17-11-23)41(36,37)34-18-4-3-5-19-34/h6-17,21,30H,3-5,18-20H2,1-2H3/t30-/m0/s1. The lowest BCUT2D eigenvalue weighted by atomic mass is 9.98. The molecule has 1 saturated heterocycles. The van der Waals surface area contributed by atoms with E-state index in [4.69, 9.17) is 19.6 Å². The van der Waals surface area contributed by atoms with Crippen LogP contribution in [-0.2, 0) is 10.0 Å². The second-order valence-corrected chi connectivity index (χ2v) is 12.9. The molecule has 0 spiro atoms. The van der Waals surface area contributed by atoms with Crippen LogP contribution < -0.4 is 14.5 Å². The third-order valence-corrected chi connectivity index (χ3v) is 10.4. The molecule has 1 aromatic heterocycles. The number of piperidine rings is 1. The van der Waals surface area contributed by atoms with Gasteiger partial charge in [-0.1, -0.05) is 30.7 Å².